The van der Waals surface area contributed by atoms with Crippen molar-refractivity contribution in [3.05, 3.63) is 65.4 Å². The van der Waals surface area contributed by atoms with Crippen molar-refractivity contribution in [3.63, 3.8) is 0 Å². The number of primary sulfonamides is 1. The van der Waals surface area contributed by atoms with Crippen LogP contribution < -0.4 is 20.2 Å². The number of aryl methyl sites for hydroxylation is 1. The lowest BCUT2D eigenvalue weighted by Gasteiger charge is -2.05. The second-order valence-electron chi connectivity index (χ2n) is 6.17. The third kappa shape index (κ3) is 4.70. The van der Waals surface area contributed by atoms with E-state index in [9.17, 15) is 13.5 Å². The summed E-state index contributed by atoms with van der Waals surface area (Å²) in [7, 11) is -3.68. The molecule has 0 spiro atoms. The number of nitrogens with zero attached hydrogens (tertiary/aromatic N) is 2. The Morgan fingerprint density at radius 3 is 2.44 bits per heavy atom. The molecule has 0 saturated carbocycles. The number of nitrogens with two attached hydrogens (primary N) is 1. The minimum atomic E-state index is -3.68. The number of hydrogen-bond acceptors (Lipinski definition) is 6. The molecule has 0 atom stereocenters. The van der Waals surface area contributed by atoms with Gasteiger partial charge >= 0.3 is 0 Å². The zero-order valence-corrected chi connectivity index (χ0v) is 15.6. The van der Waals surface area contributed by atoms with Crippen molar-refractivity contribution >= 4 is 10.0 Å². The largest absolute Gasteiger partial charge is 0.539 e. The maximum atomic E-state index is 11.9. The fourth-order valence-corrected chi connectivity index (χ4v) is 3.10. The van der Waals surface area contributed by atoms with Gasteiger partial charge in [-0.25, -0.2) is 13.6 Å². The molecule has 0 aliphatic carbocycles. The molecule has 2 aromatic carbocycles. The van der Waals surface area contributed by atoms with Crippen molar-refractivity contribution in [3.8, 4) is 11.6 Å². The van der Waals surface area contributed by atoms with Crippen molar-refractivity contribution in [2.45, 2.75) is 24.8 Å². The van der Waals surface area contributed by atoms with Gasteiger partial charge in [-0.2, -0.15) is 0 Å². The van der Waals surface area contributed by atoms with Crippen molar-refractivity contribution in [1.82, 2.24) is 10.6 Å². The van der Waals surface area contributed by atoms with Gasteiger partial charge in [0, 0.05) is 12.1 Å². The topological polar surface area (TPSA) is 125 Å². The first kappa shape index (κ1) is 19.0. The summed E-state index contributed by atoms with van der Waals surface area (Å²) in [4.78, 5) is 0.0822. The van der Waals surface area contributed by atoms with Gasteiger partial charge in [0.1, 0.15) is 0 Å². The summed E-state index contributed by atoms with van der Waals surface area (Å²) >= 11 is 0. The third-order valence-corrected chi connectivity index (χ3v) is 5.04. The molecule has 0 fully saturated rings. The van der Waals surface area contributed by atoms with Gasteiger partial charge in [0.05, 0.1) is 16.7 Å². The zero-order chi connectivity index (χ0) is 19.4. The molecule has 9 heteroatoms. The summed E-state index contributed by atoms with van der Waals surface area (Å²) in [6.45, 7) is 2.87. The highest BCUT2D eigenvalue weighted by molar-refractivity contribution is 7.89. The quantitative estimate of drug-likeness (QED) is 0.443. The maximum Gasteiger partial charge on any atom is 0.253 e. The van der Waals surface area contributed by atoms with Gasteiger partial charge in [0.2, 0.25) is 15.7 Å². The van der Waals surface area contributed by atoms with E-state index in [1.54, 1.807) is 12.1 Å². The Hall–Kier alpha value is -2.75. The van der Waals surface area contributed by atoms with Crippen LogP contribution in [0.4, 0.5) is 0 Å². The first-order valence-corrected chi connectivity index (χ1v) is 9.86. The normalized spacial score (nSPS) is 11.6. The molecule has 0 amide bonds. The number of sulfonamides is 1. The van der Waals surface area contributed by atoms with Crippen LogP contribution in [-0.4, -0.2) is 20.2 Å². The van der Waals surface area contributed by atoms with E-state index in [1.807, 2.05) is 31.2 Å². The van der Waals surface area contributed by atoms with Crippen LogP contribution in [-0.2, 0) is 23.0 Å². The number of aromatic nitrogens is 2. The van der Waals surface area contributed by atoms with Gasteiger partial charge in [-0.3, -0.25) is 0 Å². The number of rotatable bonds is 7. The standard InChI is InChI=1S/C18H20N4O4S/c1-13-2-6-15(7-3-13)22-17(18(23)26-21-22)12-20-11-10-14-4-8-16(9-5-14)27(19,24)25/h2-9,20H,10-12H2,1H3,(H2-,19,21,23,24,25). The Morgan fingerprint density at radius 1 is 1.15 bits per heavy atom. The Morgan fingerprint density at radius 2 is 1.81 bits per heavy atom. The lowest BCUT2D eigenvalue weighted by molar-refractivity contribution is -0.677. The van der Waals surface area contributed by atoms with Crippen LogP contribution in [0.5, 0.6) is 5.95 Å². The fourth-order valence-electron chi connectivity index (χ4n) is 2.59. The average Bonchev–Trinajstić information content (AvgIpc) is 3.00. The summed E-state index contributed by atoms with van der Waals surface area (Å²) in [6, 6.07) is 14.0. The van der Waals surface area contributed by atoms with Crippen LogP contribution >= 0.6 is 0 Å². The van der Waals surface area contributed by atoms with Crippen molar-refractivity contribution in [2.24, 2.45) is 5.14 Å². The molecule has 0 radical (unpaired) electrons. The second kappa shape index (κ2) is 7.87. The number of nitrogens with one attached hydrogen (secondary N) is 1. The van der Waals surface area contributed by atoms with Gasteiger partial charge in [0.25, 0.3) is 5.69 Å². The van der Waals surface area contributed by atoms with E-state index < -0.39 is 16.0 Å². The summed E-state index contributed by atoms with van der Waals surface area (Å²) in [5, 5.41) is 24.0. The molecule has 3 rings (SSSR count). The summed E-state index contributed by atoms with van der Waals surface area (Å²) < 4.78 is 28.8. The highest BCUT2D eigenvalue weighted by Crippen LogP contribution is 2.12. The van der Waals surface area contributed by atoms with Gasteiger partial charge < -0.3 is 14.9 Å². The molecular formula is C18H20N4O4S. The number of benzene rings is 2. The fraction of sp³-hybridized carbons (Fsp3) is 0.222. The van der Waals surface area contributed by atoms with Crippen molar-refractivity contribution < 1.29 is 22.7 Å². The van der Waals surface area contributed by atoms with E-state index in [0.717, 1.165) is 16.8 Å². The molecule has 27 heavy (non-hydrogen) atoms. The number of hydrogen-bond donors (Lipinski definition) is 2. The molecule has 0 saturated heterocycles. The van der Waals surface area contributed by atoms with Crippen LogP contribution in [0.15, 0.2) is 57.9 Å². The van der Waals surface area contributed by atoms with E-state index in [1.165, 1.54) is 16.8 Å². The Balaban J connectivity index is 1.60. The van der Waals surface area contributed by atoms with Crippen molar-refractivity contribution in [1.29, 1.82) is 0 Å². The SMILES string of the molecule is Cc1ccc(-[n+]2noc([O-])c2CNCCc2ccc(S(N)(=O)=O)cc2)cc1. The molecule has 1 aromatic heterocycles. The van der Waals surface area contributed by atoms with Gasteiger partial charge in [-0.1, -0.05) is 29.8 Å². The second-order valence-corrected chi connectivity index (χ2v) is 7.73. The molecule has 1 heterocycles. The highest BCUT2D eigenvalue weighted by Gasteiger charge is 2.19. The van der Waals surface area contributed by atoms with Crippen LogP contribution in [0.1, 0.15) is 16.8 Å². The van der Waals surface area contributed by atoms with E-state index in [0.29, 0.717) is 25.2 Å². The lowest BCUT2D eigenvalue weighted by atomic mass is 10.1. The summed E-state index contributed by atoms with van der Waals surface area (Å²) in [5.41, 5.74) is 3.22. The minimum Gasteiger partial charge on any atom is -0.539 e. The predicted octanol–water partition coefficient (Wildman–Crippen LogP) is 0.313. The van der Waals surface area contributed by atoms with Crippen LogP contribution in [0, 0.1) is 6.92 Å². The Labute approximate surface area is 157 Å². The van der Waals surface area contributed by atoms with E-state index >= 15 is 0 Å². The molecule has 0 unspecified atom stereocenters. The highest BCUT2D eigenvalue weighted by atomic mass is 32.2. The monoisotopic (exact) mass is 388 g/mol. The first-order chi connectivity index (χ1) is 12.8. The average molecular weight is 388 g/mol. The van der Waals surface area contributed by atoms with E-state index in [4.69, 9.17) is 9.66 Å². The molecule has 3 N–H and O–H groups in total. The van der Waals surface area contributed by atoms with Gasteiger partial charge in [-0.05, 0) is 42.3 Å². The van der Waals surface area contributed by atoms with Crippen LogP contribution in [0.25, 0.3) is 5.69 Å². The molecule has 142 valence electrons. The third-order valence-electron chi connectivity index (χ3n) is 4.11. The maximum absolute atomic E-state index is 11.9. The molecule has 3 aromatic rings. The molecule has 0 aliphatic rings. The Bertz CT molecular complexity index is 1010. The summed E-state index contributed by atoms with van der Waals surface area (Å²) in [6.07, 6.45) is 0.662. The zero-order valence-electron chi connectivity index (χ0n) is 14.8. The molecule has 8 nitrogen and oxygen atoms in total. The predicted molar refractivity (Wildman–Crippen MR) is 95.4 cm³/mol. The molecule has 0 bridgehead atoms. The van der Waals surface area contributed by atoms with Gasteiger partial charge in [0.15, 0.2) is 5.95 Å². The van der Waals surface area contributed by atoms with E-state index in [2.05, 4.69) is 10.6 Å². The van der Waals surface area contributed by atoms with Gasteiger partial charge in [-0.15, -0.1) is 0 Å². The summed E-state index contributed by atoms with van der Waals surface area (Å²) in [5.74, 6) is -0.486. The molecule has 0 aliphatic heterocycles. The van der Waals surface area contributed by atoms with Crippen LogP contribution in [0.2, 0.25) is 0 Å². The van der Waals surface area contributed by atoms with Crippen LogP contribution in [0.3, 0.4) is 0 Å². The smallest absolute Gasteiger partial charge is 0.253 e. The lowest BCUT2D eigenvalue weighted by Crippen LogP contribution is -2.39. The first-order valence-electron chi connectivity index (χ1n) is 8.32. The minimum absolute atomic E-state index is 0.0822. The Kier molecular flexibility index (Phi) is 5.54. The van der Waals surface area contributed by atoms with Crippen molar-refractivity contribution in [2.75, 3.05) is 6.54 Å². The molecular weight excluding hydrogens is 368 g/mol. The van der Waals surface area contributed by atoms with E-state index in [-0.39, 0.29) is 4.90 Å².